The minimum atomic E-state index is 0.570. The molecule has 0 unspecified atom stereocenters. The number of thioether (sulfide) groups is 3. The standard InChI is InChI=1S/C12H9N3S3/c1-4-7-16-10-13-11(17-8-5-2)15-12(14-10)18-9-6-3/h1-3H3. The molecule has 1 rings (SSSR count). The molecule has 0 aromatic carbocycles. The molecule has 0 N–H and O–H groups in total. The van der Waals surface area contributed by atoms with Crippen LogP contribution >= 0.6 is 35.3 Å². The molecule has 0 amide bonds. The van der Waals surface area contributed by atoms with E-state index in [1.165, 1.54) is 35.3 Å². The van der Waals surface area contributed by atoms with Crippen LogP contribution in [-0.4, -0.2) is 15.0 Å². The maximum atomic E-state index is 4.25. The van der Waals surface area contributed by atoms with Gasteiger partial charge in [-0.1, -0.05) is 17.8 Å². The van der Waals surface area contributed by atoms with E-state index < -0.39 is 0 Å². The van der Waals surface area contributed by atoms with Gasteiger partial charge >= 0.3 is 0 Å². The van der Waals surface area contributed by atoms with Gasteiger partial charge in [0.1, 0.15) is 0 Å². The van der Waals surface area contributed by atoms with E-state index in [0.717, 1.165) is 0 Å². The van der Waals surface area contributed by atoms with Crippen LogP contribution in [0.5, 0.6) is 0 Å². The summed E-state index contributed by atoms with van der Waals surface area (Å²) in [7, 11) is 0. The fourth-order valence-corrected chi connectivity index (χ4v) is 2.29. The minimum Gasteiger partial charge on any atom is -0.195 e. The first kappa shape index (κ1) is 14.8. The molecule has 0 saturated heterocycles. The molecule has 0 spiro atoms. The van der Waals surface area contributed by atoms with Crippen LogP contribution in [0.1, 0.15) is 20.8 Å². The van der Waals surface area contributed by atoms with Crippen molar-refractivity contribution in [3.05, 3.63) is 0 Å². The van der Waals surface area contributed by atoms with Crippen LogP contribution in [0.2, 0.25) is 0 Å². The van der Waals surface area contributed by atoms with Crippen LogP contribution in [0.15, 0.2) is 15.5 Å². The summed E-state index contributed by atoms with van der Waals surface area (Å²) in [6, 6.07) is 0. The van der Waals surface area contributed by atoms with Crippen LogP contribution in [-0.2, 0) is 0 Å². The number of hydrogen-bond acceptors (Lipinski definition) is 6. The smallest absolute Gasteiger partial charge is 0.195 e. The first-order chi connectivity index (χ1) is 8.80. The molecule has 0 aliphatic carbocycles. The number of hydrogen-bond donors (Lipinski definition) is 0. The Bertz CT molecular complexity index is 496. The van der Waals surface area contributed by atoms with E-state index in [2.05, 4.69) is 48.5 Å². The maximum Gasteiger partial charge on any atom is 0.205 e. The van der Waals surface area contributed by atoms with Gasteiger partial charge in [-0.05, 0) is 36.5 Å². The predicted molar refractivity (Wildman–Crippen MR) is 77.7 cm³/mol. The summed E-state index contributed by atoms with van der Waals surface area (Å²) < 4.78 is 0. The summed E-state index contributed by atoms with van der Waals surface area (Å²) in [6.45, 7) is 5.31. The highest BCUT2D eigenvalue weighted by Gasteiger charge is 2.06. The first-order valence-electron chi connectivity index (χ1n) is 4.82. The molecule has 1 aromatic heterocycles. The van der Waals surface area contributed by atoms with Crippen LogP contribution in [0.25, 0.3) is 0 Å². The molecule has 0 aliphatic rings. The van der Waals surface area contributed by atoms with Gasteiger partial charge < -0.3 is 0 Å². The molecule has 1 aromatic rings. The monoisotopic (exact) mass is 291 g/mol. The van der Waals surface area contributed by atoms with Crippen molar-refractivity contribution in [2.45, 2.75) is 36.2 Å². The Hall–Kier alpha value is -1.26. The molecular formula is C12H9N3S3. The van der Waals surface area contributed by atoms with Gasteiger partial charge in [-0.2, -0.15) is 15.0 Å². The zero-order chi connectivity index (χ0) is 13.2. The van der Waals surface area contributed by atoms with E-state index in [-0.39, 0.29) is 0 Å². The van der Waals surface area contributed by atoms with Gasteiger partial charge in [0, 0.05) is 35.3 Å². The second-order valence-electron chi connectivity index (χ2n) is 2.55. The van der Waals surface area contributed by atoms with E-state index >= 15 is 0 Å². The summed E-state index contributed by atoms with van der Waals surface area (Å²) in [4.78, 5) is 12.8. The number of aromatic nitrogens is 3. The first-order valence-corrected chi connectivity index (χ1v) is 7.27. The number of rotatable bonds is 3. The topological polar surface area (TPSA) is 38.7 Å². The normalized spacial score (nSPS) is 8.17. The van der Waals surface area contributed by atoms with Crippen molar-refractivity contribution < 1.29 is 0 Å². The van der Waals surface area contributed by atoms with Gasteiger partial charge in [0.15, 0.2) is 0 Å². The van der Waals surface area contributed by atoms with Crippen LogP contribution in [0.4, 0.5) is 0 Å². The van der Waals surface area contributed by atoms with Gasteiger partial charge in [0.2, 0.25) is 15.5 Å². The van der Waals surface area contributed by atoms with E-state index in [4.69, 9.17) is 0 Å². The highest BCUT2D eigenvalue weighted by Crippen LogP contribution is 2.21. The van der Waals surface area contributed by atoms with Gasteiger partial charge in [0.25, 0.3) is 0 Å². The fraction of sp³-hybridized carbons (Fsp3) is 0.250. The van der Waals surface area contributed by atoms with Crippen molar-refractivity contribution in [1.82, 2.24) is 15.0 Å². The van der Waals surface area contributed by atoms with E-state index in [0.29, 0.717) is 15.5 Å². The van der Waals surface area contributed by atoms with Crippen molar-refractivity contribution in [3.63, 3.8) is 0 Å². The lowest BCUT2D eigenvalue weighted by Gasteiger charge is -1.99. The molecular weight excluding hydrogens is 282 g/mol. The van der Waals surface area contributed by atoms with Gasteiger partial charge in [0.05, 0.1) is 0 Å². The number of nitrogens with zero attached hydrogens (tertiary/aromatic N) is 3. The fourth-order valence-electron chi connectivity index (χ4n) is 0.747. The molecule has 0 atom stereocenters. The lowest BCUT2D eigenvalue weighted by molar-refractivity contribution is 0.722. The summed E-state index contributed by atoms with van der Waals surface area (Å²) >= 11 is 3.81. The Labute approximate surface area is 120 Å². The zero-order valence-corrected chi connectivity index (χ0v) is 12.5. The average Bonchev–Trinajstić information content (AvgIpc) is 2.40. The Morgan fingerprint density at radius 3 is 1.11 bits per heavy atom. The zero-order valence-electron chi connectivity index (χ0n) is 10.1. The molecule has 90 valence electrons. The molecule has 0 fully saturated rings. The molecule has 0 bridgehead atoms. The second kappa shape index (κ2) is 8.78. The van der Waals surface area contributed by atoms with Crippen LogP contribution < -0.4 is 0 Å². The van der Waals surface area contributed by atoms with Gasteiger partial charge in [-0.3, -0.25) is 0 Å². The molecule has 18 heavy (non-hydrogen) atoms. The third kappa shape index (κ3) is 5.38. The molecule has 0 radical (unpaired) electrons. The SMILES string of the molecule is CC#CSc1nc(SC#CC)nc(SC#CC)n1. The molecule has 6 heteroatoms. The molecule has 1 heterocycles. The van der Waals surface area contributed by atoms with Crippen molar-refractivity contribution in [3.8, 4) is 33.5 Å². The summed E-state index contributed by atoms with van der Waals surface area (Å²) in [5.41, 5.74) is 0. The van der Waals surface area contributed by atoms with Crippen molar-refractivity contribution >= 4 is 35.3 Å². The van der Waals surface area contributed by atoms with Crippen LogP contribution in [0.3, 0.4) is 0 Å². The predicted octanol–water partition coefficient (Wildman–Crippen LogP) is 3.09. The highest BCUT2D eigenvalue weighted by molar-refractivity contribution is 8.05. The van der Waals surface area contributed by atoms with Gasteiger partial charge in [-0.15, -0.1) is 0 Å². The second-order valence-corrected chi connectivity index (χ2v) is 4.87. The van der Waals surface area contributed by atoms with Crippen molar-refractivity contribution in [2.75, 3.05) is 0 Å². The van der Waals surface area contributed by atoms with E-state index in [1.54, 1.807) is 20.8 Å². The Morgan fingerprint density at radius 2 is 0.889 bits per heavy atom. The third-order valence-corrected chi connectivity index (χ3v) is 3.32. The van der Waals surface area contributed by atoms with Gasteiger partial charge in [-0.25, -0.2) is 0 Å². The van der Waals surface area contributed by atoms with E-state index in [1.807, 2.05) is 0 Å². The Balaban J connectivity index is 3.01. The summed E-state index contributed by atoms with van der Waals surface area (Å²) in [5.74, 6) is 8.35. The molecule has 0 saturated carbocycles. The third-order valence-electron chi connectivity index (χ3n) is 1.31. The minimum absolute atomic E-state index is 0.570. The summed E-state index contributed by atoms with van der Waals surface area (Å²) in [6.07, 6.45) is 0. The van der Waals surface area contributed by atoms with E-state index in [9.17, 15) is 0 Å². The highest BCUT2D eigenvalue weighted by atomic mass is 32.2. The lowest BCUT2D eigenvalue weighted by Crippen LogP contribution is -1.95. The van der Waals surface area contributed by atoms with Crippen molar-refractivity contribution in [1.29, 1.82) is 0 Å². The maximum absolute atomic E-state index is 4.25. The average molecular weight is 291 g/mol. The largest absolute Gasteiger partial charge is 0.205 e. The Kier molecular flexibility index (Phi) is 7.22. The van der Waals surface area contributed by atoms with Crippen LogP contribution in [0, 0.1) is 33.5 Å². The Morgan fingerprint density at radius 1 is 0.611 bits per heavy atom. The summed E-state index contributed by atoms with van der Waals surface area (Å²) in [5, 5.41) is 10.3. The van der Waals surface area contributed by atoms with Crippen molar-refractivity contribution in [2.24, 2.45) is 0 Å². The lowest BCUT2D eigenvalue weighted by atomic mass is 10.8. The molecule has 0 aliphatic heterocycles. The molecule has 3 nitrogen and oxygen atoms in total. The quantitative estimate of drug-likeness (QED) is 0.629.